The molecule has 4 nitrogen and oxygen atoms in total. The second-order valence-corrected chi connectivity index (χ2v) is 17.8. The van der Waals surface area contributed by atoms with Crippen molar-refractivity contribution in [2.75, 3.05) is 6.61 Å². The fourth-order valence-electron chi connectivity index (χ4n) is 4.23. The summed E-state index contributed by atoms with van der Waals surface area (Å²) >= 11 is -1.24. The van der Waals surface area contributed by atoms with Gasteiger partial charge in [-0.3, -0.25) is 0 Å². The van der Waals surface area contributed by atoms with E-state index in [1.807, 2.05) is 46.8 Å². The summed E-state index contributed by atoms with van der Waals surface area (Å²) in [7, 11) is -2.58. The Balaban J connectivity index is 2.29. The van der Waals surface area contributed by atoms with Crippen molar-refractivity contribution in [1.82, 2.24) is 4.72 Å². The van der Waals surface area contributed by atoms with Crippen LogP contribution in [0.5, 0.6) is 0 Å². The summed E-state index contributed by atoms with van der Waals surface area (Å²) in [4.78, 5) is 0. The van der Waals surface area contributed by atoms with E-state index in [0.717, 1.165) is 6.42 Å². The lowest BCUT2D eigenvalue weighted by Gasteiger charge is -2.43. The molecule has 0 bridgehead atoms. The Labute approximate surface area is 211 Å². The number of nitriles is 1. The summed E-state index contributed by atoms with van der Waals surface area (Å²) in [5, 5.41) is 12.2. The second-order valence-electron chi connectivity index (χ2n) is 11.5. The van der Waals surface area contributed by atoms with Crippen LogP contribution in [0.15, 0.2) is 60.7 Å². The molecule has 0 aromatic heterocycles. The normalized spacial score (nSPS) is 14.9. The minimum atomic E-state index is -2.58. The number of rotatable bonds is 10. The lowest BCUT2D eigenvalue weighted by atomic mass is 9.84. The number of hydrogen-bond donors (Lipinski definition) is 1. The molecule has 0 aliphatic heterocycles. The fourth-order valence-corrected chi connectivity index (χ4v) is 9.86. The van der Waals surface area contributed by atoms with Gasteiger partial charge < -0.3 is 8.98 Å². The van der Waals surface area contributed by atoms with Crippen molar-refractivity contribution in [3.8, 4) is 6.07 Å². The van der Waals surface area contributed by atoms with Crippen LogP contribution in [0.2, 0.25) is 5.04 Å². The van der Waals surface area contributed by atoms with Crippen molar-refractivity contribution in [2.24, 2.45) is 5.41 Å². The molecule has 0 amide bonds. The minimum absolute atomic E-state index is 0.0764. The molecule has 2 rings (SSSR count). The Morgan fingerprint density at radius 3 is 1.76 bits per heavy atom. The molecular weight excluding hydrogens is 456 g/mol. The summed E-state index contributed by atoms with van der Waals surface area (Å²) in [6, 6.07) is 23.4. The van der Waals surface area contributed by atoms with E-state index in [4.69, 9.17) is 4.43 Å². The van der Waals surface area contributed by atoms with Crippen molar-refractivity contribution in [2.45, 2.75) is 84.1 Å². The third kappa shape index (κ3) is 6.74. The Hall–Kier alpha value is -1.62. The van der Waals surface area contributed by atoms with Gasteiger partial charge in [0.1, 0.15) is 4.75 Å². The first kappa shape index (κ1) is 28.6. The summed E-state index contributed by atoms with van der Waals surface area (Å²) in [6.45, 7) is 17.0. The average molecular weight is 499 g/mol. The van der Waals surface area contributed by atoms with Gasteiger partial charge in [0.25, 0.3) is 8.32 Å². The zero-order valence-electron chi connectivity index (χ0n) is 22.1. The molecule has 0 saturated heterocycles. The van der Waals surface area contributed by atoms with Gasteiger partial charge in [0.2, 0.25) is 0 Å². The topological polar surface area (TPSA) is 68.1 Å². The molecule has 2 aromatic carbocycles. The molecule has 0 aliphatic rings. The van der Waals surface area contributed by atoms with E-state index in [2.05, 4.69) is 80.1 Å². The number of nitrogens with one attached hydrogen (secondary N) is 1. The Kier molecular flexibility index (Phi) is 9.60. The zero-order chi connectivity index (χ0) is 25.6. The molecular formula is C28H42N2O2SSi. The minimum Gasteiger partial charge on any atom is -0.598 e. The van der Waals surface area contributed by atoms with Crippen LogP contribution >= 0.6 is 0 Å². The lowest BCUT2D eigenvalue weighted by Crippen LogP contribution is -2.66. The van der Waals surface area contributed by atoms with Gasteiger partial charge in [-0.15, -0.1) is 4.72 Å². The first-order chi connectivity index (χ1) is 15.8. The van der Waals surface area contributed by atoms with Gasteiger partial charge >= 0.3 is 0 Å². The standard InChI is InChI=1S/C28H42N2O2SSi/c1-26(2,3)33(31)30-25(28(7,8)22-29)20-15-21-32-34(27(4,5)6,23-16-11-9-12-17-23)24-18-13-10-14-19-24/h9-14,16-19,25,30H,15,20-21H2,1-8H3. The van der Waals surface area contributed by atoms with E-state index in [-0.39, 0.29) is 11.1 Å². The van der Waals surface area contributed by atoms with E-state index in [1.165, 1.54) is 10.4 Å². The predicted molar refractivity (Wildman–Crippen MR) is 147 cm³/mol. The molecule has 0 fully saturated rings. The zero-order valence-corrected chi connectivity index (χ0v) is 24.0. The third-order valence-corrected chi connectivity index (χ3v) is 13.0. The van der Waals surface area contributed by atoms with E-state index in [0.29, 0.717) is 13.0 Å². The number of benzene rings is 2. The summed E-state index contributed by atoms with van der Waals surface area (Å²) in [5.74, 6) is 0. The smallest absolute Gasteiger partial charge is 0.261 e. The summed E-state index contributed by atoms with van der Waals surface area (Å²) in [6.07, 6.45) is 1.48. The van der Waals surface area contributed by atoms with Crippen molar-refractivity contribution in [3.05, 3.63) is 60.7 Å². The molecule has 186 valence electrons. The maximum absolute atomic E-state index is 12.8. The van der Waals surface area contributed by atoms with Crippen molar-refractivity contribution >= 4 is 30.1 Å². The van der Waals surface area contributed by atoms with Crippen molar-refractivity contribution in [3.63, 3.8) is 0 Å². The quantitative estimate of drug-likeness (QED) is 0.274. The second kappa shape index (κ2) is 11.4. The van der Waals surface area contributed by atoms with Gasteiger partial charge in [-0.25, -0.2) is 0 Å². The molecule has 2 atom stereocenters. The molecule has 2 aromatic rings. The third-order valence-electron chi connectivity index (χ3n) is 6.34. The van der Waals surface area contributed by atoms with Crippen LogP contribution in [0, 0.1) is 16.7 Å². The summed E-state index contributed by atoms with van der Waals surface area (Å²) in [5.41, 5.74) is -0.641. The van der Waals surface area contributed by atoms with E-state index >= 15 is 0 Å². The number of hydrogen-bond acceptors (Lipinski definition) is 4. The first-order valence-electron chi connectivity index (χ1n) is 12.1. The van der Waals surface area contributed by atoms with Gasteiger partial charge in [0.15, 0.2) is 0 Å². The van der Waals surface area contributed by atoms with Crippen LogP contribution in [0.25, 0.3) is 0 Å². The van der Waals surface area contributed by atoms with Gasteiger partial charge in [0.05, 0.1) is 17.5 Å². The molecule has 0 saturated carbocycles. The SMILES string of the molecule is CC(C)(C#N)C(CCCO[Si](c1ccccc1)(c1ccccc1)C(C)(C)C)N[S+]([O-])C(C)(C)C. The van der Waals surface area contributed by atoms with Crippen LogP contribution in [0.3, 0.4) is 0 Å². The Morgan fingerprint density at radius 2 is 1.38 bits per heavy atom. The highest BCUT2D eigenvalue weighted by Crippen LogP contribution is 2.37. The van der Waals surface area contributed by atoms with Crippen LogP contribution in [0.1, 0.15) is 68.2 Å². The Bertz CT molecular complexity index is 891. The maximum Gasteiger partial charge on any atom is 0.261 e. The van der Waals surface area contributed by atoms with Gasteiger partial charge in [0, 0.05) is 18.0 Å². The highest BCUT2D eigenvalue weighted by atomic mass is 32.2. The van der Waals surface area contributed by atoms with Crippen molar-refractivity contribution in [1.29, 1.82) is 5.26 Å². The van der Waals surface area contributed by atoms with Gasteiger partial charge in [-0.05, 0) is 62.9 Å². The molecule has 0 aliphatic carbocycles. The molecule has 6 heteroatoms. The molecule has 0 spiro atoms. The van der Waals surface area contributed by atoms with Gasteiger partial charge in [-0.2, -0.15) is 5.26 Å². The largest absolute Gasteiger partial charge is 0.598 e. The fraction of sp³-hybridized carbons (Fsp3) is 0.536. The Morgan fingerprint density at radius 1 is 0.912 bits per heavy atom. The molecule has 0 radical (unpaired) electrons. The molecule has 1 N–H and O–H groups in total. The molecule has 34 heavy (non-hydrogen) atoms. The monoisotopic (exact) mass is 498 g/mol. The van der Waals surface area contributed by atoms with E-state index in [1.54, 1.807) is 0 Å². The predicted octanol–water partition coefficient (Wildman–Crippen LogP) is 5.31. The van der Waals surface area contributed by atoms with Crippen LogP contribution in [-0.4, -0.2) is 30.3 Å². The van der Waals surface area contributed by atoms with E-state index in [9.17, 15) is 9.81 Å². The summed E-state index contributed by atoms with van der Waals surface area (Å²) < 4.78 is 22.6. The van der Waals surface area contributed by atoms with Crippen LogP contribution in [0.4, 0.5) is 0 Å². The molecule has 2 unspecified atom stereocenters. The van der Waals surface area contributed by atoms with Crippen LogP contribution in [-0.2, 0) is 15.8 Å². The highest BCUT2D eigenvalue weighted by Gasteiger charge is 2.50. The average Bonchev–Trinajstić information content (AvgIpc) is 2.77. The lowest BCUT2D eigenvalue weighted by molar-refractivity contribution is 0.260. The highest BCUT2D eigenvalue weighted by molar-refractivity contribution is 7.90. The maximum atomic E-state index is 12.8. The van der Waals surface area contributed by atoms with Crippen molar-refractivity contribution < 1.29 is 8.98 Å². The molecule has 0 heterocycles. The number of nitrogens with zero attached hydrogens (tertiary/aromatic N) is 1. The first-order valence-corrected chi connectivity index (χ1v) is 15.2. The van der Waals surface area contributed by atoms with Gasteiger partial charge in [-0.1, -0.05) is 81.4 Å². The van der Waals surface area contributed by atoms with Crippen LogP contribution < -0.4 is 15.1 Å². The van der Waals surface area contributed by atoms with E-state index < -0.39 is 29.8 Å².